The molecule has 3 rings (SSSR count). The molecular formula is C17H22F3N5O. The first kappa shape index (κ1) is 18.5. The number of carbonyl (C=O) groups is 1. The Labute approximate surface area is 149 Å². The first-order valence-corrected chi connectivity index (χ1v) is 8.75. The number of H-pyrrole nitrogens is 1. The Kier molecular flexibility index (Phi) is 5.33. The fourth-order valence-electron chi connectivity index (χ4n) is 3.36. The van der Waals surface area contributed by atoms with Crippen molar-refractivity contribution in [1.82, 2.24) is 25.1 Å². The second kappa shape index (κ2) is 7.51. The average Bonchev–Trinajstić information content (AvgIpc) is 3.19. The quantitative estimate of drug-likeness (QED) is 0.769. The third-order valence-corrected chi connectivity index (χ3v) is 4.83. The van der Waals surface area contributed by atoms with Crippen LogP contribution in [0.2, 0.25) is 0 Å². The number of aryl methyl sites for hydroxylation is 3. The van der Waals surface area contributed by atoms with Crippen LogP contribution in [-0.4, -0.2) is 32.2 Å². The fraction of sp³-hybridized carbons (Fsp3) is 0.588. The van der Waals surface area contributed by atoms with E-state index in [9.17, 15) is 18.0 Å². The molecule has 2 heterocycles. The third kappa shape index (κ3) is 4.08. The molecule has 6 nitrogen and oxygen atoms in total. The molecule has 9 heteroatoms. The van der Waals surface area contributed by atoms with Gasteiger partial charge < -0.3 is 9.88 Å². The molecule has 0 fully saturated rings. The lowest BCUT2D eigenvalue weighted by Crippen LogP contribution is -2.35. The van der Waals surface area contributed by atoms with Crippen molar-refractivity contribution in [2.75, 3.05) is 6.54 Å². The molecule has 0 radical (unpaired) electrons. The van der Waals surface area contributed by atoms with Crippen LogP contribution in [0.1, 0.15) is 42.0 Å². The van der Waals surface area contributed by atoms with Gasteiger partial charge in [0.25, 0.3) is 0 Å². The second-order valence-corrected chi connectivity index (χ2v) is 6.63. The topological polar surface area (TPSA) is 75.6 Å². The number of nitrogens with one attached hydrogen (secondary N) is 2. The van der Waals surface area contributed by atoms with E-state index in [0.29, 0.717) is 25.1 Å². The number of halogens is 3. The van der Waals surface area contributed by atoms with E-state index in [2.05, 4.69) is 20.5 Å². The Bertz CT molecular complexity index is 765. The minimum Gasteiger partial charge on any atom is -0.356 e. The van der Waals surface area contributed by atoms with Gasteiger partial charge in [-0.25, -0.2) is 4.98 Å². The van der Waals surface area contributed by atoms with E-state index in [1.54, 1.807) is 6.20 Å². The predicted octanol–water partition coefficient (Wildman–Crippen LogP) is 2.63. The summed E-state index contributed by atoms with van der Waals surface area (Å²) in [5, 5.41) is 8.71. The first-order chi connectivity index (χ1) is 12.4. The van der Waals surface area contributed by atoms with Gasteiger partial charge in [-0.05, 0) is 39.0 Å². The molecule has 142 valence electrons. The number of hydrogen-bond donors (Lipinski definition) is 2. The zero-order valence-corrected chi connectivity index (χ0v) is 14.6. The Balaban J connectivity index is 1.46. The minimum absolute atomic E-state index is 0.0841. The van der Waals surface area contributed by atoms with Crippen LogP contribution in [0.15, 0.2) is 12.4 Å². The number of imidazole rings is 1. The monoisotopic (exact) mass is 369 g/mol. The van der Waals surface area contributed by atoms with E-state index in [0.717, 1.165) is 25.2 Å². The predicted molar refractivity (Wildman–Crippen MR) is 88.3 cm³/mol. The normalized spacial score (nSPS) is 17.2. The zero-order valence-electron chi connectivity index (χ0n) is 14.6. The molecule has 0 unspecified atom stereocenters. The van der Waals surface area contributed by atoms with Crippen LogP contribution in [-0.2, 0) is 30.4 Å². The van der Waals surface area contributed by atoms with Gasteiger partial charge in [0.15, 0.2) is 5.69 Å². The lowest BCUT2D eigenvalue weighted by Gasteiger charge is -2.22. The molecule has 2 aromatic rings. The lowest BCUT2D eigenvalue weighted by atomic mass is 9.85. The number of unbranched alkanes of at least 4 members (excludes halogenated alkanes) is 1. The number of alkyl halides is 3. The molecule has 0 bridgehead atoms. The Morgan fingerprint density at radius 2 is 2.23 bits per heavy atom. The van der Waals surface area contributed by atoms with Crippen molar-refractivity contribution in [1.29, 1.82) is 0 Å². The molecule has 0 aromatic carbocycles. The highest BCUT2D eigenvalue weighted by Gasteiger charge is 2.40. The van der Waals surface area contributed by atoms with E-state index in [1.807, 2.05) is 17.7 Å². The van der Waals surface area contributed by atoms with Gasteiger partial charge in [0, 0.05) is 42.7 Å². The molecule has 2 aromatic heterocycles. The molecule has 1 atom stereocenters. The Morgan fingerprint density at radius 1 is 1.42 bits per heavy atom. The molecule has 0 spiro atoms. The summed E-state index contributed by atoms with van der Waals surface area (Å²) in [5.74, 6) is 0.341. The van der Waals surface area contributed by atoms with E-state index in [-0.39, 0.29) is 17.9 Å². The van der Waals surface area contributed by atoms with Gasteiger partial charge >= 0.3 is 6.18 Å². The van der Waals surface area contributed by atoms with E-state index in [1.165, 1.54) is 0 Å². The fourth-order valence-corrected chi connectivity index (χ4v) is 3.36. The number of fused-ring (bicyclic) bond motifs is 1. The molecular weight excluding hydrogens is 347 g/mol. The highest BCUT2D eigenvalue weighted by Crippen LogP contribution is 2.36. The van der Waals surface area contributed by atoms with Crippen LogP contribution < -0.4 is 5.32 Å². The maximum absolute atomic E-state index is 13.0. The maximum Gasteiger partial charge on any atom is 0.435 e. The van der Waals surface area contributed by atoms with Crippen LogP contribution in [0.4, 0.5) is 13.2 Å². The highest BCUT2D eigenvalue weighted by atomic mass is 19.4. The van der Waals surface area contributed by atoms with Crippen LogP contribution in [0.3, 0.4) is 0 Å². The van der Waals surface area contributed by atoms with Crippen molar-refractivity contribution < 1.29 is 18.0 Å². The average molecular weight is 369 g/mol. The SMILES string of the molecule is Cc1nccn1CCCCNC(=O)[C@@H]1CCc2[nH]nc(C(F)(F)F)c2C1. The van der Waals surface area contributed by atoms with Crippen molar-refractivity contribution >= 4 is 5.91 Å². The number of hydrogen-bond acceptors (Lipinski definition) is 3. The van der Waals surface area contributed by atoms with Gasteiger partial charge in [-0.15, -0.1) is 0 Å². The largest absolute Gasteiger partial charge is 0.435 e. The Hall–Kier alpha value is -2.32. The summed E-state index contributed by atoms with van der Waals surface area (Å²) in [7, 11) is 0. The summed E-state index contributed by atoms with van der Waals surface area (Å²) in [6.07, 6.45) is 1.90. The first-order valence-electron chi connectivity index (χ1n) is 8.75. The minimum atomic E-state index is -4.49. The summed E-state index contributed by atoms with van der Waals surface area (Å²) in [6, 6.07) is 0. The van der Waals surface area contributed by atoms with Crippen LogP contribution in [0, 0.1) is 12.8 Å². The summed E-state index contributed by atoms with van der Waals surface area (Å²) in [5.41, 5.74) is -0.253. The van der Waals surface area contributed by atoms with Gasteiger partial charge in [0.2, 0.25) is 5.91 Å². The van der Waals surface area contributed by atoms with E-state index < -0.39 is 17.8 Å². The van der Waals surface area contributed by atoms with E-state index in [4.69, 9.17) is 0 Å². The van der Waals surface area contributed by atoms with Gasteiger partial charge in [-0.1, -0.05) is 0 Å². The summed E-state index contributed by atoms with van der Waals surface area (Å²) in [6.45, 7) is 3.29. The van der Waals surface area contributed by atoms with Crippen molar-refractivity contribution in [3.8, 4) is 0 Å². The highest BCUT2D eigenvalue weighted by molar-refractivity contribution is 5.79. The molecule has 1 aliphatic rings. The standard InChI is InChI=1S/C17H22F3N5O/c1-11-21-7-9-25(11)8-3-2-6-22-16(26)12-4-5-14-13(10-12)15(24-23-14)17(18,19)20/h7,9,12H,2-6,8,10H2,1H3,(H,22,26)(H,23,24)/t12-/m1/s1. The van der Waals surface area contributed by atoms with Crippen molar-refractivity contribution in [2.24, 2.45) is 5.92 Å². The van der Waals surface area contributed by atoms with Crippen LogP contribution in [0.25, 0.3) is 0 Å². The number of carbonyl (C=O) groups excluding carboxylic acids is 1. The lowest BCUT2D eigenvalue weighted by molar-refractivity contribution is -0.142. The van der Waals surface area contributed by atoms with Crippen molar-refractivity contribution in [3.05, 3.63) is 35.2 Å². The molecule has 26 heavy (non-hydrogen) atoms. The van der Waals surface area contributed by atoms with E-state index >= 15 is 0 Å². The second-order valence-electron chi connectivity index (χ2n) is 6.63. The molecule has 0 saturated carbocycles. The van der Waals surface area contributed by atoms with Crippen LogP contribution >= 0.6 is 0 Å². The van der Waals surface area contributed by atoms with Gasteiger partial charge in [-0.3, -0.25) is 9.89 Å². The maximum atomic E-state index is 13.0. The van der Waals surface area contributed by atoms with Crippen molar-refractivity contribution in [2.45, 2.75) is 51.7 Å². The summed E-state index contributed by atoms with van der Waals surface area (Å²) < 4.78 is 41.0. The molecule has 1 aliphatic carbocycles. The summed E-state index contributed by atoms with van der Waals surface area (Å²) >= 11 is 0. The number of aromatic amines is 1. The zero-order chi connectivity index (χ0) is 18.7. The number of amides is 1. The Morgan fingerprint density at radius 3 is 2.92 bits per heavy atom. The number of rotatable bonds is 6. The molecule has 2 N–H and O–H groups in total. The van der Waals surface area contributed by atoms with Crippen LogP contribution in [0.5, 0.6) is 0 Å². The molecule has 0 aliphatic heterocycles. The summed E-state index contributed by atoms with van der Waals surface area (Å²) in [4.78, 5) is 16.4. The van der Waals surface area contributed by atoms with Crippen molar-refractivity contribution in [3.63, 3.8) is 0 Å². The van der Waals surface area contributed by atoms with Gasteiger partial charge in [0.05, 0.1) is 0 Å². The molecule has 1 amide bonds. The number of aromatic nitrogens is 4. The third-order valence-electron chi connectivity index (χ3n) is 4.83. The van der Waals surface area contributed by atoms with Gasteiger partial charge in [-0.2, -0.15) is 18.3 Å². The van der Waals surface area contributed by atoms with Gasteiger partial charge in [0.1, 0.15) is 5.82 Å². The number of nitrogens with zero attached hydrogens (tertiary/aromatic N) is 3. The smallest absolute Gasteiger partial charge is 0.356 e. The molecule has 0 saturated heterocycles.